The number of fused-ring (bicyclic) bond motifs is 1. The summed E-state index contributed by atoms with van der Waals surface area (Å²) in [6.07, 6.45) is -0.827. The first-order valence-corrected chi connectivity index (χ1v) is 9.84. The van der Waals surface area contributed by atoms with E-state index >= 15 is 0 Å². The lowest BCUT2D eigenvalue weighted by atomic mass is 10.1. The Morgan fingerprint density at radius 3 is 2.75 bits per heavy atom. The number of amides is 2. The number of anilines is 2. The van der Waals surface area contributed by atoms with Crippen LogP contribution in [0.4, 0.5) is 10.8 Å². The van der Waals surface area contributed by atoms with Crippen LogP contribution in [0.25, 0.3) is 11.3 Å². The number of hydrogen-bond acceptors (Lipinski definition) is 5. The average Bonchev–Trinajstić information content (AvgIpc) is 3.15. The van der Waals surface area contributed by atoms with E-state index in [1.807, 2.05) is 29.6 Å². The first kappa shape index (κ1) is 18.5. The van der Waals surface area contributed by atoms with E-state index in [2.05, 4.69) is 10.3 Å². The van der Waals surface area contributed by atoms with Gasteiger partial charge in [0.25, 0.3) is 5.91 Å². The monoisotopic (exact) mass is 413 g/mol. The van der Waals surface area contributed by atoms with E-state index in [4.69, 9.17) is 16.3 Å². The van der Waals surface area contributed by atoms with Crippen LogP contribution >= 0.6 is 22.9 Å². The third-order valence-electron chi connectivity index (χ3n) is 4.33. The van der Waals surface area contributed by atoms with Crippen molar-refractivity contribution in [3.8, 4) is 17.0 Å². The van der Waals surface area contributed by atoms with Gasteiger partial charge < -0.3 is 9.64 Å². The van der Waals surface area contributed by atoms with Gasteiger partial charge in [0.1, 0.15) is 5.75 Å². The number of ether oxygens (including phenoxy) is 1. The van der Waals surface area contributed by atoms with Crippen LogP contribution < -0.4 is 15.0 Å². The summed E-state index contributed by atoms with van der Waals surface area (Å²) in [5, 5.41) is 5.64. The van der Waals surface area contributed by atoms with Crippen LogP contribution in [0.15, 0.2) is 53.9 Å². The third-order valence-corrected chi connectivity index (χ3v) is 5.42. The van der Waals surface area contributed by atoms with E-state index in [-0.39, 0.29) is 18.4 Å². The lowest BCUT2D eigenvalue weighted by Gasteiger charge is -2.33. The smallest absolute Gasteiger partial charge is 0.269 e. The highest BCUT2D eigenvalue weighted by Crippen LogP contribution is 2.34. The minimum Gasteiger partial charge on any atom is -0.476 e. The van der Waals surface area contributed by atoms with Gasteiger partial charge in [0.05, 0.1) is 17.9 Å². The van der Waals surface area contributed by atoms with Gasteiger partial charge in [0.15, 0.2) is 11.2 Å². The quantitative estimate of drug-likeness (QED) is 0.698. The highest BCUT2D eigenvalue weighted by molar-refractivity contribution is 7.14. The van der Waals surface area contributed by atoms with E-state index in [9.17, 15) is 9.59 Å². The molecule has 0 saturated heterocycles. The zero-order valence-corrected chi connectivity index (χ0v) is 16.5. The van der Waals surface area contributed by atoms with Crippen molar-refractivity contribution >= 4 is 45.6 Å². The maximum atomic E-state index is 12.7. The second-order valence-corrected chi connectivity index (χ2v) is 7.48. The summed E-state index contributed by atoms with van der Waals surface area (Å²) in [4.78, 5) is 30.7. The number of nitrogens with zero attached hydrogens (tertiary/aromatic N) is 2. The maximum absolute atomic E-state index is 12.7. The number of hydrogen-bond donors (Lipinski definition) is 1. The van der Waals surface area contributed by atoms with Crippen molar-refractivity contribution in [2.75, 3.05) is 16.8 Å². The number of carbonyl (C=O) groups excluding carboxylic acids is 2. The number of carbonyl (C=O) groups is 2. The Bertz CT molecular complexity index is 1050. The normalized spacial score (nSPS) is 15.5. The molecule has 0 saturated carbocycles. The Labute approximate surface area is 170 Å². The van der Waals surface area contributed by atoms with Gasteiger partial charge >= 0.3 is 0 Å². The molecule has 0 radical (unpaired) electrons. The van der Waals surface area contributed by atoms with Crippen molar-refractivity contribution in [2.24, 2.45) is 0 Å². The molecule has 0 bridgehead atoms. The lowest BCUT2D eigenvalue weighted by Crippen LogP contribution is -2.48. The molecule has 1 atom stereocenters. The number of para-hydroxylation sites is 2. The molecule has 142 valence electrons. The van der Waals surface area contributed by atoms with Crippen LogP contribution in [0.1, 0.15) is 6.92 Å². The Hall–Kier alpha value is -2.90. The molecule has 0 aliphatic carbocycles. The van der Waals surface area contributed by atoms with Crippen molar-refractivity contribution < 1.29 is 14.3 Å². The van der Waals surface area contributed by atoms with Crippen LogP contribution in [0.5, 0.6) is 5.75 Å². The summed E-state index contributed by atoms with van der Waals surface area (Å²) in [5.41, 5.74) is 2.15. The third kappa shape index (κ3) is 3.58. The van der Waals surface area contributed by atoms with Crippen molar-refractivity contribution in [2.45, 2.75) is 13.0 Å². The van der Waals surface area contributed by atoms with Gasteiger partial charge in [-0.1, -0.05) is 41.9 Å². The number of thiazole rings is 1. The van der Waals surface area contributed by atoms with E-state index in [1.54, 1.807) is 29.2 Å². The number of halogens is 1. The van der Waals surface area contributed by atoms with Gasteiger partial charge in [-0.3, -0.25) is 14.9 Å². The summed E-state index contributed by atoms with van der Waals surface area (Å²) in [5.74, 6) is -0.00962. The molecule has 4 rings (SSSR count). The summed E-state index contributed by atoms with van der Waals surface area (Å²) in [6, 6.07) is 14.5. The van der Waals surface area contributed by atoms with Crippen LogP contribution in [0.2, 0.25) is 5.02 Å². The Morgan fingerprint density at radius 2 is 1.96 bits per heavy atom. The minimum atomic E-state index is -0.827. The molecular weight excluding hydrogens is 398 g/mol. The van der Waals surface area contributed by atoms with Crippen LogP contribution in [-0.4, -0.2) is 29.4 Å². The van der Waals surface area contributed by atoms with Crippen molar-refractivity contribution in [1.29, 1.82) is 0 Å². The van der Waals surface area contributed by atoms with E-state index in [0.29, 0.717) is 27.3 Å². The molecule has 0 fully saturated rings. The Balaban J connectivity index is 1.52. The van der Waals surface area contributed by atoms with Crippen LogP contribution in [0.3, 0.4) is 0 Å². The lowest BCUT2D eigenvalue weighted by molar-refractivity contribution is -0.123. The summed E-state index contributed by atoms with van der Waals surface area (Å²) < 4.78 is 5.81. The zero-order chi connectivity index (χ0) is 19.7. The van der Waals surface area contributed by atoms with E-state index in [0.717, 1.165) is 5.56 Å². The second kappa shape index (κ2) is 7.61. The molecule has 1 aliphatic heterocycles. The molecule has 2 heterocycles. The van der Waals surface area contributed by atoms with Gasteiger partial charge in [-0.15, -0.1) is 11.3 Å². The predicted molar refractivity (Wildman–Crippen MR) is 110 cm³/mol. The molecule has 3 aromatic rings. The van der Waals surface area contributed by atoms with Gasteiger partial charge in [-0.2, -0.15) is 0 Å². The molecule has 2 amide bonds. The largest absolute Gasteiger partial charge is 0.476 e. The second-order valence-electron chi connectivity index (χ2n) is 6.21. The zero-order valence-electron chi connectivity index (χ0n) is 14.9. The van der Waals surface area contributed by atoms with Crippen LogP contribution in [0, 0.1) is 0 Å². The van der Waals surface area contributed by atoms with Crippen LogP contribution in [-0.2, 0) is 9.59 Å². The fourth-order valence-corrected chi connectivity index (χ4v) is 3.92. The molecule has 2 aromatic carbocycles. The first-order valence-electron chi connectivity index (χ1n) is 8.58. The van der Waals surface area contributed by atoms with Crippen molar-refractivity contribution in [1.82, 2.24) is 4.98 Å². The summed E-state index contributed by atoms with van der Waals surface area (Å²) in [6.45, 7) is 1.61. The number of aromatic nitrogens is 1. The molecule has 1 N–H and O–H groups in total. The maximum Gasteiger partial charge on any atom is 0.269 e. The standard InChI is InChI=1S/C20H16ClN3O3S/c1-12(25)24-10-18(27-17-9-5-4-8-16(17)24)19(26)23-20-22-15(11-28-20)13-6-2-3-7-14(13)21/h2-9,11,18H,10H2,1H3,(H,22,23,26). The first-order chi connectivity index (χ1) is 13.5. The van der Waals surface area contributed by atoms with Gasteiger partial charge in [-0.25, -0.2) is 4.98 Å². The summed E-state index contributed by atoms with van der Waals surface area (Å²) in [7, 11) is 0. The van der Waals surface area contributed by atoms with E-state index < -0.39 is 6.10 Å². The van der Waals surface area contributed by atoms with Gasteiger partial charge in [-0.05, 0) is 18.2 Å². The highest BCUT2D eigenvalue weighted by Gasteiger charge is 2.32. The van der Waals surface area contributed by atoms with Crippen molar-refractivity contribution in [3.05, 3.63) is 58.9 Å². The summed E-state index contributed by atoms with van der Waals surface area (Å²) >= 11 is 7.51. The Morgan fingerprint density at radius 1 is 1.21 bits per heavy atom. The predicted octanol–water partition coefficient (Wildman–Crippen LogP) is 4.22. The topological polar surface area (TPSA) is 71.5 Å². The molecule has 1 aliphatic rings. The molecular formula is C20H16ClN3O3S. The molecule has 28 heavy (non-hydrogen) atoms. The fourth-order valence-electron chi connectivity index (χ4n) is 2.98. The highest BCUT2D eigenvalue weighted by atomic mass is 35.5. The molecule has 1 aromatic heterocycles. The molecule has 1 unspecified atom stereocenters. The van der Waals surface area contributed by atoms with Gasteiger partial charge in [0, 0.05) is 22.9 Å². The molecule has 8 heteroatoms. The van der Waals surface area contributed by atoms with Crippen molar-refractivity contribution in [3.63, 3.8) is 0 Å². The average molecular weight is 414 g/mol. The number of rotatable bonds is 3. The molecule has 0 spiro atoms. The fraction of sp³-hybridized carbons (Fsp3) is 0.150. The minimum absolute atomic E-state index is 0.140. The number of nitrogens with one attached hydrogen (secondary N) is 1. The Kier molecular flexibility index (Phi) is 5.02. The number of benzene rings is 2. The van der Waals surface area contributed by atoms with E-state index in [1.165, 1.54) is 18.3 Å². The SMILES string of the molecule is CC(=O)N1CC(C(=O)Nc2nc(-c3ccccc3Cl)cs2)Oc2ccccc21. The van der Waals surface area contributed by atoms with Gasteiger partial charge in [0.2, 0.25) is 5.91 Å². The molecule has 6 nitrogen and oxygen atoms in total.